The molecule has 23 heavy (non-hydrogen) atoms. The molecule has 1 aliphatic carbocycles. The first kappa shape index (κ1) is 14.2. The lowest BCUT2D eigenvalue weighted by Gasteiger charge is -2.06. The molecule has 114 valence electrons. The summed E-state index contributed by atoms with van der Waals surface area (Å²) >= 11 is 1.19. The first-order valence-corrected chi connectivity index (χ1v) is 8.31. The minimum Gasteiger partial charge on any atom is -0.298 e. The Labute approximate surface area is 136 Å². The molecule has 1 heterocycles. The molecule has 2 aromatic carbocycles. The highest BCUT2D eigenvalue weighted by atomic mass is 32.1. The molecule has 5 heteroatoms. The van der Waals surface area contributed by atoms with Crippen molar-refractivity contribution in [2.45, 2.75) is 19.4 Å². The molecule has 0 radical (unpaired) electrons. The Hall–Kier alpha value is -2.45. The van der Waals surface area contributed by atoms with Crippen molar-refractivity contribution in [3.63, 3.8) is 0 Å². The van der Waals surface area contributed by atoms with Crippen LogP contribution in [0.2, 0.25) is 0 Å². The van der Waals surface area contributed by atoms with Crippen molar-refractivity contribution in [3.05, 3.63) is 57.4 Å². The highest BCUT2D eigenvalue weighted by Gasteiger charge is 2.23. The van der Waals surface area contributed by atoms with E-state index in [1.54, 1.807) is 6.07 Å². The van der Waals surface area contributed by atoms with Crippen LogP contribution in [0.15, 0.2) is 41.2 Å². The van der Waals surface area contributed by atoms with Crippen LogP contribution in [-0.4, -0.2) is 4.57 Å². The topological polar surface area (TPSA) is 45.8 Å². The van der Waals surface area contributed by atoms with Gasteiger partial charge >= 0.3 is 4.87 Å². The summed E-state index contributed by atoms with van der Waals surface area (Å²) in [4.78, 5) is 12.2. The monoisotopic (exact) mass is 324 g/mol. The summed E-state index contributed by atoms with van der Waals surface area (Å²) in [6, 6.07) is 11.9. The summed E-state index contributed by atoms with van der Waals surface area (Å²) in [7, 11) is 0. The Morgan fingerprint density at radius 2 is 2.09 bits per heavy atom. The van der Waals surface area contributed by atoms with Crippen LogP contribution in [0.5, 0.6) is 0 Å². The largest absolute Gasteiger partial charge is 0.308 e. The van der Waals surface area contributed by atoms with E-state index < -0.39 is 0 Å². The van der Waals surface area contributed by atoms with Crippen molar-refractivity contribution in [1.82, 2.24) is 4.57 Å². The minimum absolute atomic E-state index is 0.0373. The molecule has 0 spiro atoms. The Kier molecular flexibility index (Phi) is 3.28. The van der Waals surface area contributed by atoms with Gasteiger partial charge in [-0.05, 0) is 54.7 Å². The lowest BCUT2D eigenvalue weighted by Crippen LogP contribution is -2.13. The summed E-state index contributed by atoms with van der Waals surface area (Å²) in [6.07, 6.45) is 2.38. The Morgan fingerprint density at radius 3 is 2.83 bits per heavy atom. The van der Waals surface area contributed by atoms with Gasteiger partial charge in [0.05, 0.1) is 21.8 Å². The van der Waals surface area contributed by atoms with E-state index in [4.69, 9.17) is 5.26 Å². The van der Waals surface area contributed by atoms with Crippen LogP contribution in [0.3, 0.4) is 0 Å². The Morgan fingerprint density at radius 1 is 1.26 bits per heavy atom. The third-order valence-electron chi connectivity index (χ3n) is 4.21. The summed E-state index contributed by atoms with van der Waals surface area (Å²) in [5, 5.41) is 8.99. The van der Waals surface area contributed by atoms with Crippen molar-refractivity contribution in [1.29, 1.82) is 5.26 Å². The van der Waals surface area contributed by atoms with Crippen LogP contribution in [0.25, 0.3) is 21.3 Å². The lowest BCUT2D eigenvalue weighted by molar-refractivity contribution is 0.631. The van der Waals surface area contributed by atoms with E-state index in [9.17, 15) is 9.18 Å². The number of thiazole rings is 1. The molecular weight excluding hydrogens is 311 g/mol. The Bertz CT molecular complexity index is 1010. The number of aromatic nitrogens is 1. The Balaban J connectivity index is 1.84. The van der Waals surface area contributed by atoms with Gasteiger partial charge in [-0.15, -0.1) is 0 Å². The van der Waals surface area contributed by atoms with Gasteiger partial charge in [-0.25, -0.2) is 4.39 Å². The molecule has 3 aromatic rings. The maximum Gasteiger partial charge on any atom is 0.308 e. The zero-order valence-electron chi connectivity index (χ0n) is 12.3. The predicted molar refractivity (Wildman–Crippen MR) is 88.9 cm³/mol. The third-order valence-corrected chi connectivity index (χ3v) is 5.15. The molecule has 0 unspecified atom stereocenters. The van der Waals surface area contributed by atoms with Crippen LogP contribution in [-0.2, 0) is 6.54 Å². The average molecular weight is 324 g/mol. The van der Waals surface area contributed by atoms with Gasteiger partial charge in [-0.3, -0.25) is 9.36 Å². The number of nitrogens with zero attached hydrogens (tertiary/aromatic N) is 2. The predicted octanol–water partition coefficient (Wildman–Crippen LogP) is 4.15. The second-order valence-electron chi connectivity index (χ2n) is 5.91. The molecule has 0 N–H and O–H groups in total. The van der Waals surface area contributed by atoms with E-state index in [1.807, 2.05) is 28.8 Å². The van der Waals surface area contributed by atoms with Crippen LogP contribution in [0, 0.1) is 23.1 Å². The van der Waals surface area contributed by atoms with Crippen LogP contribution in [0.1, 0.15) is 18.4 Å². The number of hydrogen-bond donors (Lipinski definition) is 0. The molecular formula is C18H13FN2OS. The summed E-state index contributed by atoms with van der Waals surface area (Å²) < 4.78 is 16.8. The summed E-state index contributed by atoms with van der Waals surface area (Å²) in [6.45, 7) is 0.774. The van der Waals surface area contributed by atoms with E-state index in [1.165, 1.54) is 36.3 Å². The second kappa shape index (κ2) is 5.32. The lowest BCUT2D eigenvalue weighted by atomic mass is 10.0. The molecule has 0 aliphatic heterocycles. The van der Waals surface area contributed by atoms with Crippen molar-refractivity contribution in [2.24, 2.45) is 5.92 Å². The van der Waals surface area contributed by atoms with Gasteiger partial charge in [0.15, 0.2) is 0 Å². The molecule has 1 aromatic heterocycles. The normalized spacial score (nSPS) is 14.1. The van der Waals surface area contributed by atoms with Crippen molar-refractivity contribution < 1.29 is 4.39 Å². The fourth-order valence-corrected chi connectivity index (χ4v) is 3.72. The van der Waals surface area contributed by atoms with Gasteiger partial charge in [0.25, 0.3) is 0 Å². The smallest absolute Gasteiger partial charge is 0.298 e. The molecule has 4 rings (SSSR count). The molecule has 0 atom stereocenters. The maximum atomic E-state index is 14.1. The number of halogens is 1. The molecule has 1 aliphatic rings. The third kappa shape index (κ3) is 2.55. The maximum absolute atomic E-state index is 14.1. The van der Waals surface area contributed by atoms with Crippen LogP contribution in [0.4, 0.5) is 4.39 Å². The standard InChI is InChI=1S/C18H13FN2OS/c19-15-5-3-12(9-20)7-14(15)13-4-6-16-17(8-13)23-18(22)21(16)10-11-1-2-11/h3-8,11H,1-2,10H2. The number of nitriles is 1. The van der Waals surface area contributed by atoms with Crippen molar-refractivity contribution in [2.75, 3.05) is 0 Å². The molecule has 1 fully saturated rings. The van der Waals surface area contributed by atoms with E-state index in [-0.39, 0.29) is 10.7 Å². The van der Waals surface area contributed by atoms with E-state index in [2.05, 4.69) is 0 Å². The zero-order chi connectivity index (χ0) is 16.0. The molecule has 1 saturated carbocycles. The SMILES string of the molecule is N#Cc1ccc(F)c(-c2ccc3c(c2)sc(=O)n3CC2CC2)c1. The zero-order valence-corrected chi connectivity index (χ0v) is 13.1. The number of hydrogen-bond acceptors (Lipinski definition) is 3. The van der Waals surface area contributed by atoms with Crippen molar-refractivity contribution >= 4 is 21.6 Å². The minimum atomic E-state index is -0.367. The van der Waals surface area contributed by atoms with Crippen LogP contribution < -0.4 is 4.87 Å². The van der Waals surface area contributed by atoms with Crippen molar-refractivity contribution in [3.8, 4) is 17.2 Å². The first-order chi connectivity index (χ1) is 11.2. The van der Waals surface area contributed by atoms with Gasteiger partial charge in [-0.2, -0.15) is 5.26 Å². The van der Waals surface area contributed by atoms with Crippen LogP contribution >= 0.6 is 11.3 Å². The highest BCUT2D eigenvalue weighted by Crippen LogP contribution is 2.33. The quantitative estimate of drug-likeness (QED) is 0.726. The van der Waals surface area contributed by atoms with Gasteiger partial charge in [0.2, 0.25) is 0 Å². The highest BCUT2D eigenvalue weighted by molar-refractivity contribution is 7.16. The van der Waals surface area contributed by atoms with Gasteiger partial charge in [0, 0.05) is 12.1 Å². The molecule has 0 amide bonds. The second-order valence-corrected chi connectivity index (χ2v) is 6.90. The summed E-state index contributed by atoms with van der Waals surface area (Å²) in [5.41, 5.74) is 2.40. The fourth-order valence-electron chi connectivity index (χ4n) is 2.78. The van der Waals surface area contributed by atoms with Gasteiger partial charge in [0.1, 0.15) is 5.82 Å². The number of fused-ring (bicyclic) bond motifs is 1. The first-order valence-electron chi connectivity index (χ1n) is 7.49. The van der Waals surface area contributed by atoms with Gasteiger partial charge in [-0.1, -0.05) is 17.4 Å². The number of rotatable bonds is 3. The molecule has 3 nitrogen and oxygen atoms in total. The average Bonchev–Trinajstić information content (AvgIpc) is 3.32. The number of benzene rings is 2. The van der Waals surface area contributed by atoms with E-state index >= 15 is 0 Å². The molecule has 0 saturated heterocycles. The van der Waals surface area contributed by atoms with E-state index in [0.717, 1.165) is 16.8 Å². The summed E-state index contributed by atoms with van der Waals surface area (Å²) in [5.74, 6) is 0.253. The fraction of sp³-hybridized carbons (Fsp3) is 0.222. The molecule has 0 bridgehead atoms. The van der Waals surface area contributed by atoms with Gasteiger partial charge < -0.3 is 0 Å². The van der Waals surface area contributed by atoms with E-state index in [0.29, 0.717) is 22.6 Å².